The number of carbonyl (C=O) groups is 1. The topological polar surface area (TPSA) is 55.8 Å². The summed E-state index contributed by atoms with van der Waals surface area (Å²) in [7, 11) is 0. The molecule has 0 aromatic heterocycles. The van der Waals surface area contributed by atoms with Gasteiger partial charge in [-0.05, 0) is 31.2 Å². The minimum Gasteiger partial charge on any atom is -0.483 e. The fourth-order valence-corrected chi connectivity index (χ4v) is 3.02. The van der Waals surface area contributed by atoms with Crippen LogP contribution in [0.1, 0.15) is 42.7 Å². The third-order valence-corrected chi connectivity index (χ3v) is 4.11. The highest BCUT2D eigenvalue weighted by Gasteiger charge is 2.40. The molecule has 2 fully saturated rings. The lowest BCUT2D eigenvalue weighted by Gasteiger charge is -2.35. The highest BCUT2D eigenvalue weighted by atomic mass is 16.7. The third kappa shape index (κ3) is 3.58. The van der Waals surface area contributed by atoms with E-state index in [0.717, 1.165) is 26.1 Å². The normalized spacial score (nSPS) is 21.2. The zero-order valence-corrected chi connectivity index (χ0v) is 11.9. The summed E-state index contributed by atoms with van der Waals surface area (Å²) in [5, 5.41) is 6.89. The quantitative estimate of drug-likeness (QED) is 0.802. The van der Waals surface area contributed by atoms with Crippen LogP contribution >= 0.6 is 0 Å². The first-order valence-corrected chi connectivity index (χ1v) is 7.11. The molecule has 1 aliphatic carbocycles. The van der Waals surface area contributed by atoms with Gasteiger partial charge in [0.15, 0.2) is 5.79 Å². The van der Waals surface area contributed by atoms with E-state index in [1.54, 1.807) is 0 Å². The number of hydrogen-bond donors (Lipinski definition) is 1. The average molecular weight is 278 g/mol. The van der Waals surface area contributed by atoms with Crippen molar-refractivity contribution in [1.29, 1.82) is 0 Å². The fourth-order valence-electron chi connectivity index (χ4n) is 3.02. The Morgan fingerprint density at radius 1 is 1.15 bits per heavy atom. The van der Waals surface area contributed by atoms with E-state index >= 15 is 0 Å². The van der Waals surface area contributed by atoms with Crippen LogP contribution in [-0.2, 0) is 14.3 Å². The first-order valence-electron chi connectivity index (χ1n) is 7.11. The fraction of sp³-hybridized carbons (Fsp3) is 0.562. The van der Waals surface area contributed by atoms with Gasteiger partial charge in [0.25, 0.3) is 6.47 Å². The van der Waals surface area contributed by atoms with Gasteiger partial charge < -0.3 is 14.6 Å². The van der Waals surface area contributed by atoms with Crippen LogP contribution < -0.4 is 0 Å². The maximum Gasteiger partial charge on any atom is 0.290 e. The Morgan fingerprint density at radius 2 is 1.65 bits per heavy atom. The maximum absolute atomic E-state index is 8.36. The van der Waals surface area contributed by atoms with Gasteiger partial charge in [-0.2, -0.15) is 0 Å². The first kappa shape index (κ1) is 15.0. The number of aryl methyl sites for hydroxylation is 1. The summed E-state index contributed by atoms with van der Waals surface area (Å²) in [6.07, 6.45) is 4.46. The molecule has 1 saturated carbocycles. The average Bonchev–Trinajstić information content (AvgIpc) is 2.90. The summed E-state index contributed by atoms with van der Waals surface area (Å²) < 4.78 is 11.5. The molecule has 2 aliphatic rings. The van der Waals surface area contributed by atoms with E-state index < -0.39 is 0 Å². The molecule has 4 heteroatoms. The van der Waals surface area contributed by atoms with E-state index in [-0.39, 0.29) is 12.3 Å². The van der Waals surface area contributed by atoms with Gasteiger partial charge in [-0.25, -0.2) is 0 Å². The molecule has 4 nitrogen and oxygen atoms in total. The van der Waals surface area contributed by atoms with Gasteiger partial charge in [0, 0.05) is 12.8 Å². The molecule has 0 bridgehead atoms. The predicted octanol–water partition coefficient (Wildman–Crippen LogP) is 3.10. The molecule has 3 rings (SSSR count). The minimum atomic E-state index is -0.250. The SMILES string of the molecule is Cc1ccc(C2CCC3(CC2)OCCO3)cc1.O=CO. The van der Waals surface area contributed by atoms with Crippen LogP contribution in [0.25, 0.3) is 0 Å². The van der Waals surface area contributed by atoms with Crippen molar-refractivity contribution in [3.05, 3.63) is 35.4 Å². The van der Waals surface area contributed by atoms with Gasteiger partial charge in [-0.3, -0.25) is 4.79 Å². The van der Waals surface area contributed by atoms with Crippen molar-refractivity contribution in [3.8, 4) is 0 Å². The van der Waals surface area contributed by atoms with Crippen LogP contribution in [-0.4, -0.2) is 30.6 Å². The smallest absolute Gasteiger partial charge is 0.290 e. The van der Waals surface area contributed by atoms with Crippen LogP contribution in [0.15, 0.2) is 24.3 Å². The lowest BCUT2D eigenvalue weighted by Crippen LogP contribution is -2.34. The van der Waals surface area contributed by atoms with E-state index in [1.807, 2.05) is 0 Å². The summed E-state index contributed by atoms with van der Waals surface area (Å²) >= 11 is 0. The number of rotatable bonds is 1. The minimum absolute atomic E-state index is 0.221. The summed E-state index contributed by atoms with van der Waals surface area (Å²) in [6.45, 7) is 3.43. The lowest BCUT2D eigenvalue weighted by atomic mass is 9.81. The Morgan fingerprint density at radius 3 is 2.15 bits per heavy atom. The monoisotopic (exact) mass is 278 g/mol. The maximum atomic E-state index is 8.36. The third-order valence-electron chi connectivity index (χ3n) is 4.11. The Bertz CT molecular complexity index is 411. The van der Waals surface area contributed by atoms with Gasteiger partial charge in [0.1, 0.15) is 0 Å². The van der Waals surface area contributed by atoms with Crippen molar-refractivity contribution in [2.45, 2.75) is 44.3 Å². The molecule has 0 amide bonds. The van der Waals surface area contributed by atoms with Crippen molar-refractivity contribution in [1.82, 2.24) is 0 Å². The van der Waals surface area contributed by atoms with Crippen molar-refractivity contribution in [2.24, 2.45) is 0 Å². The summed E-state index contributed by atoms with van der Waals surface area (Å²) in [5.74, 6) is 0.468. The van der Waals surface area contributed by atoms with Crippen molar-refractivity contribution < 1.29 is 19.4 Å². The van der Waals surface area contributed by atoms with Crippen LogP contribution in [0.5, 0.6) is 0 Å². The van der Waals surface area contributed by atoms with Crippen LogP contribution in [0.4, 0.5) is 0 Å². The van der Waals surface area contributed by atoms with Crippen LogP contribution in [0.2, 0.25) is 0 Å². The summed E-state index contributed by atoms with van der Waals surface area (Å²) in [4.78, 5) is 8.36. The number of benzene rings is 1. The molecule has 0 radical (unpaired) electrons. The zero-order chi connectivity index (χ0) is 14.4. The van der Waals surface area contributed by atoms with E-state index in [9.17, 15) is 0 Å². The molecule has 1 heterocycles. The highest BCUT2D eigenvalue weighted by molar-refractivity contribution is 5.32. The van der Waals surface area contributed by atoms with E-state index in [1.165, 1.54) is 24.0 Å². The molecule has 1 spiro atoms. The molecular formula is C16H22O4. The van der Waals surface area contributed by atoms with Gasteiger partial charge in [-0.1, -0.05) is 29.8 Å². The van der Waals surface area contributed by atoms with E-state index in [2.05, 4.69) is 31.2 Å². The lowest BCUT2D eigenvalue weighted by molar-refractivity contribution is -0.178. The Labute approximate surface area is 119 Å². The first-order chi connectivity index (χ1) is 9.69. The van der Waals surface area contributed by atoms with Crippen molar-refractivity contribution in [3.63, 3.8) is 0 Å². The molecule has 0 unspecified atom stereocenters. The molecule has 1 aromatic carbocycles. The largest absolute Gasteiger partial charge is 0.483 e. The molecular weight excluding hydrogens is 256 g/mol. The summed E-state index contributed by atoms with van der Waals surface area (Å²) in [6, 6.07) is 8.97. The Kier molecular flexibility index (Phi) is 5.15. The predicted molar refractivity (Wildman–Crippen MR) is 75.7 cm³/mol. The standard InChI is InChI=1S/C15H20O2.CH2O2/c1-12-2-4-13(5-3-12)14-6-8-15(9-7-14)16-10-11-17-15;2-1-3/h2-5,14H,6-11H2,1H3;1H,(H,2,3). The molecule has 1 N–H and O–H groups in total. The number of ether oxygens (including phenoxy) is 2. The second-order valence-electron chi connectivity index (χ2n) is 5.40. The van der Waals surface area contributed by atoms with Gasteiger partial charge >= 0.3 is 0 Å². The van der Waals surface area contributed by atoms with Gasteiger partial charge in [-0.15, -0.1) is 0 Å². The number of carboxylic acid groups (broad SMARTS) is 1. The molecule has 1 aromatic rings. The van der Waals surface area contributed by atoms with E-state index in [4.69, 9.17) is 19.4 Å². The second-order valence-corrected chi connectivity index (χ2v) is 5.40. The molecule has 1 aliphatic heterocycles. The van der Waals surface area contributed by atoms with Gasteiger partial charge in [0.2, 0.25) is 0 Å². The molecule has 20 heavy (non-hydrogen) atoms. The Balaban J connectivity index is 0.000000452. The second kappa shape index (κ2) is 6.86. The van der Waals surface area contributed by atoms with E-state index in [0.29, 0.717) is 5.92 Å². The van der Waals surface area contributed by atoms with Gasteiger partial charge in [0.05, 0.1) is 13.2 Å². The Hall–Kier alpha value is -1.39. The van der Waals surface area contributed by atoms with Crippen molar-refractivity contribution >= 4 is 6.47 Å². The molecule has 1 saturated heterocycles. The van der Waals surface area contributed by atoms with Crippen LogP contribution in [0.3, 0.4) is 0 Å². The molecule has 0 atom stereocenters. The zero-order valence-electron chi connectivity index (χ0n) is 11.9. The van der Waals surface area contributed by atoms with Crippen molar-refractivity contribution in [2.75, 3.05) is 13.2 Å². The number of hydrogen-bond acceptors (Lipinski definition) is 3. The van der Waals surface area contributed by atoms with Crippen LogP contribution in [0, 0.1) is 6.92 Å². The highest BCUT2D eigenvalue weighted by Crippen LogP contribution is 2.42. The summed E-state index contributed by atoms with van der Waals surface area (Å²) in [5.41, 5.74) is 2.81. The molecule has 110 valence electrons.